The normalized spacial score (nSPS) is 16.8. The van der Waals surface area contributed by atoms with Crippen LogP contribution in [0.1, 0.15) is 12.0 Å². The van der Waals surface area contributed by atoms with Crippen molar-refractivity contribution in [2.75, 3.05) is 38.0 Å². The fourth-order valence-corrected chi connectivity index (χ4v) is 4.43. The summed E-state index contributed by atoms with van der Waals surface area (Å²) in [7, 11) is 3.17. The zero-order valence-electron chi connectivity index (χ0n) is 18.8. The van der Waals surface area contributed by atoms with Crippen molar-refractivity contribution in [2.24, 2.45) is 4.99 Å². The van der Waals surface area contributed by atoms with Crippen LogP contribution in [0.4, 0.5) is 10.5 Å². The highest BCUT2D eigenvalue weighted by molar-refractivity contribution is 8.14. The van der Waals surface area contributed by atoms with Gasteiger partial charge >= 0.3 is 6.03 Å². The Bertz CT molecular complexity index is 1150. The standard InChI is InChI=1S/C24H24N4O5S/c1-32-18-9-7-16(8-10-18)13-20-22(30)28(17-5-3-6-19(14-17)33-2)24(26-20)34-12-4-11-27-21(29)15-25-23(27)31/h3,5-10,13-14H,4,11-12,15H2,1-2H3,(H,25,31)/b20-13-. The number of hydrogen-bond acceptors (Lipinski definition) is 7. The van der Waals surface area contributed by atoms with Gasteiger partial charge in [-0.1, -0.05) is 30.0 Å². The number of anilines is 1. The Morgan fingerprint density at radius 2 is 1.82 bits per heavy atom. The highest BCUT2D eigenvalue weighted by Crippen LogP contribution is 2.31. The molecule has 0 radical (unpaired) electrons. The molecule has 1 saturated heterocycles. The Labute approximate surface area is 201 Å². The number of amides is 4. The molecule has 0 aliphatic carbocycles. The quantitative estimate of drug-likeness (QED) is 0.354. The molecule has 9 nitrogen and oxygen atoms in total. The van der Waals surface area contributed by atoms with E-state index in [1.807, 2.05) is 36.4 Å². The van der Waals surface area contributed by atoms with Crippen LogP contribution in [-0.2, 0) is 9.59 Å². The summed E-state index contributed by atoms with van der Waals surface area (Å²) >= 11 is 1.39. The van der Waals surface area contributed by atoms with Gasteiger partial charge < -0.3 is 14.8 Å². The number of benzene rings is 2. The molecule has 4 rings (SSSR count). The van der Waals surface area contributed by atoms with Gasteiger partial charge in [0.1, 0.15) is 17.2 Å². The number of carbonyl (C=O) groups excluding carboxylic acids is 3. The maximum Gasteiger partial charge on any atom is 0.324 e. The number of rotatable bonds is 8. The lowest BCUT2D eigenvalue weighted by atomic mass is 10.2. The number of carbonyl (C=O) groups is 3. The number of methoxy groups -OCH3 is 2. The molecular weight excluding hydrogens is 456 g/mol. The number of nitrogens with one attached hydrogen (secondary N) is 1. The van der Waals surface area contributed by atoms with Crippen LogP contribution in [0.5, 0.6) is 11.5 Å². The summed E-state index contributed by atoms with van der Waals surface area (Å²) in [5.74, 6) is 1.44. The van der Waals surface area contributed by atoms with E-state index in [1.54, 1.807) is 37.3 Å². The average Bonchev–Trinajstić information content (AvgIpc) is 3.34. The molecular formula is C24H24N4O5S. The number of thioether (sulfide) groups is 1. The van der Waals surface area contributed by atoms with Crippen LogP contribution in [0, 0.1) is 0 Å². The average molecular weight is 481 g/mol. The van der Waals surface area contributed by atoms with Gasteiger partial charge in [0.25, 0.3) is 5.91 Å². The van der Waals surface area contributed by atoms with Crippen LogP contribution in [0.2, 0.25) is 0 Å². The van der Waals surface area contributed by atoms with E-state index in [1.165, 1.54) is 16.7 Å². The first-order valence-corrected chi connectivity index (χ1v) is 11.6. The van der Waals surface area contributed by atoms with Crippen molar-refractivity contribution in [1.82, 2.24) is 10.2 Å². The van der Waals surface area contributed by atoms with Crippen LogP contribution < -0.4 is 19.7 Å². The second-order valence-electron chi connectivity index (χ2n) is 7.45. The highest BCUT2D eigenvalue weighted by atomic mass is 32.2. The maximum atomic E-state index is 13.3. The Morgan fingerprint density at radius 1 is 1.06 bits per heavy atom. The van der Waals surface area contributed by atoms with E-state index in [9.17, 15) is 14.4 Å². The third kappa shape index (κ3) is 5.07. The lowest BCUT2D eigenvalue weighted by molar-refractivity contribution is -0.125. The van der Waals surface area contributed by atoms with Gasteiger partial charge in [-0.15, -0.1) is 0 Å². The van der Waals surface area contributed by atoms with E-state index in [4.69, 9.17) is 9.47 Å². The van der Waals surface area contributed by atoms with E-state index in [0.29, 0.717) is 41.0 Å². The lowest BCUT2D eigenvalue weighted by Gasteiger charge is -2.19. The molecule has 0 spiro atoms. The van der Waals surface area contributed by atoms with E-state index in [2.05, 4.69) is 10.3 Å². The fraction of sp³-hybridized carbons (Fsp3) is 0.250. The van der Waals surface area contributed by atoms with Crippen molar-refractivity contribution in [3.63, 3.8) is 0 Å². The molecule has 0 saturated carbocycles. The molecule has 1 fully saturated rings. The molecule has 4 amide bonds. The zero-order valence-corrected chi connectivity index (χ0v) is 19.6. The topological polar surface area (TPSA) is 101 Å². The molecule has 0 unspecified atom stereocenters. The number of imide groups is 1. The van der Waals surface area contributed by atoms with Crippen LogP contribution in [0.15, 0.2) is 59.2 Å². The first-order valence-electron chi connectivity index (χ1n) is 10.6. The van der Waals surface area contributed by atoms with Crippen LogP contribution in [-0.4, -0.2) is 61.0 Å². The molecule has 2 aromatic rings. The van der Waals surface area contributed by atoms with Gasteiger partial charge in [0.2, 0.25) is 5.91 Å². The first kappa shape index (κ1) is 23.4. The van der Waals surface area contributed by atoms with Crippen molar-refractivity contribution in [3.05, 3.63) is 59.8 Å². The number of aliphatic imine (C=N–C) groups is 1. The zero-order chi connectivity index (χ0) is 24.1. The van der Waals surface area contributed by atoms with Gasteiger partial charge in [-0.3, -0.25) is 19.4 Å². The van der Waals surface area contributed by atoms with Gasteiger partial charge in [-0.2, -0.15) is 0 Å². The maximum absolute atomic E-state index is 13.3. The third-order valence-electron chi connectivity index (χ3n) is 5.25. The van der Waals surface area contributed by atoms with Crippen molar-refractivity contribution in [3.8, 4) is 11.5 Å². The summed E-state index contributed by atoms with van der Waals surface area (Å²) in [6.07, 6.45) is 2.30. The Kier molecular flexibility index (Phi) is 7.17. The molecule has 2 aliphatic rings. The molecule has 0 atom stereocenters. The van der Waals surface area contributed by atoms with Crippen LogP contribution in [0.25, 0.3) is 6.08 Å². The molecule has 0 bridgehead atoms. The fourth-order valence-electron chi connectivity index (χ4n) is 3.50. The van der Waals surface area contributed by atoms with Gasteiger partial charge in [0, 0.05) is 18.4 Å². The summed E-state index contributed by atoms with van der Waals surface area (Å²) in [5, 5.41) is 3.03. The van der Waals surface area contributed by atoms with Crippen molar-refractivity contribution in [1.29, 1.82) is 0 Å². The summed E-state index contributed by atoms with van der Waals surface area (Å²) in [5.41, 5.74) is 1.77. The van der Waals surface area contributed by atoms with Gasteiger partial charge in [-0.25, -0.2) is 9.79 Å². The van der Waals surface area contributed by atoms with E-state index >= 15 is 0 Å². The molecule has 10 heteroatoms. The summed E-state index contributed by atoms with van der Waals surface area (Å²) in [4.78, 5) is 44.2. The van der Waals surface area contributed by atoms with Crippen LogP contribution >= 0.6 is 11.8 Å². The molecule has 34 heavy (non-hydrogen) atoms. The minimum Gasteiger partial charge on any atom is -0.497 e. The minimum atomic E-state index is -0.369. The van der Waals surface area contributed by atoms with E-state index in [-0.39, 0.29) is 24.4 Å². The lowest BCUT2D eigenvalue weighted by Crippen LogP contribution is -2.32. The SMILES string of the molecule is COc1ccc(/C=C2\N=C(SCCCN3C(=O)CNC3=O)N(c3cccc(OC)c3)C2=O)cc1. The number of urea groups is 1. The third-order valence-corrected chi connectivity index (χ3v) is 6.28. The number of hydrogen-bond donors (Lipinski definition) is 1. The van der Waals surface area contributed by atoms with E-state index < -0.39 is 0 Å². The summed E-state index contributed by atoms with van der Waals surface area (Å²) in [6.45, 7) is 0.350. The van der Waals surface area contributed by atoms with Crippen molar-refractivity contribution < 1.29 is 23.9 Å². The van der Waals surface area contributed by atoms with Crippen LogP contribution in [0.3, 0.4) is 0 Å². The molecule has 1 N–H and O–H groups in total. The Morgan fingerprint density at radius 3 is 2.50 bits per heavy atom. The number of nitrogens with zero attached hydrogens (tertiary/aromatic N) is 3. The Balaban J connectivity index is 1.53. The highest BCUT2D eigenvalue weighted by Gasteiger charge is 2.32. The first-order chi connectivity index (χ1) is 16.5. The molecule has 2 aliphatic heterocycles. The predicted molar refractivity (Wildman–Crippen MR) is 131 cm³/mol. The summed E-state index contributed by atoms with van der Waals surface area (Å²) in [6, 6.07) is 14.2. The second-order valence-corrected chi connectivity index (χ2v) is 8.51. The monoisotopic (exact) mass is 480 g/mol. The molecule has 2 aromatic carbocycles. The molecule has 176 valence electrons. The molecule has 2 heterocycles. The smallest absolute Gasteiger partial charge is 0.324 e. The largest absolute Gasteiger partial charge is 0.497 e. The van der Waals surface area contributed by atoms with E-state index in [0.717, 1.165) is 11.3 Å². The van der Waals surface area contributed by atoms with Gasteiger partial charge in [-0.05, 0) is 42.3 Å². The minimum absolute atomic E-state index is 0.0380. The predicted octanol–water partition coefficient (Wildman–Crippen LogP) is 3.12. The second kappa shape index (κ2) is 10.4. The summed E-state index contributed by atoms with van der Waals surface area (Å²) < 4.78 is 10.5. The molecule has 0 aromatic heterocycles. The Hall–Kier alpha value is -3.79. The van der Waals surface area contributed by atoms with Gasteiger partial charge in [0.05, 0.1) is 26.5 Å². The number of ether oxygens (including phenoxy) is 2. The van der Waals surface area contributed by atoms with Crippen molar-refractivity contribution >= 4 is 46.5 Å². The van der Waals surface area contributed by atoms with Gasteiger partial charge in [0.15, 0.2) is 5.17 Å². The number of amidine groups is 1. The van der Waals surface area contributed by atoms with Crippen molar-refractivity contribution in [2.45, 2.75) is 6.42 Å².